The molecule has 0 radical (unpaired) electrons. The van der Waals surface area contributed by atoms with Crippen LogP contribution in [-0.4, -0.2) is 9.13 Å². The summed E-state index contributed by atoms with van der Waals surface area (Å²) in [5, 5.41) is 10.1. The van der Waals surface area contributed by atoms with Crippen LogP contribution in [0.3, 0.4) is 0 Å². The van der Waals surface area contributed by atoms with Crippen LogP contribution >= 0.6 is 0 Å². The summed E-state index contributed by atoms with van der Waals surface area (Å²) in [7, 11) is 0. The molecule has 0 N–H and O–H groups in total. The van der Waals surface area contributed by atoms with Gasteiger partial charge >= 0.3 is 0 Å². The van der Waals surface area contributed by atoms with Crippen molar-refractivity contribution < 1.29 is 4.42 Å². The van der Waals surface area contributed by atoms with Crippen LogP contribution in [0.15, 0.2) is 162 Å². The van der Waals surface area contributed by atoms with Gasteiger partial charge in [-0.15, -0.1) is 0 Å². The van der Waals surface area contributed by atoms with E-state index in [-0.39, 0.29) is 0 Å². The third-order valence-corrected chi connectivity index (χ3v) is 10.8. The van der Waals surface area contributed by atoms with Gasteiger partial charge in [0.2, 0.25) is 0 Å². The largest absolute Gasteiger partial charge is 0.456 e. The average molecular weight is 623 g/mol. The SMILES string of the molecule is c1ccc(-n2c3ccccc3c3cc(-c4ccc(-n5c6cccc7c6c6c8c(ccc9oc%10cccc-7c%10c98)ccc65)cc4)ccc32)cc1. The minimum absolute atomic E-state index is 0.948. The lowest BCUT2D eigenvalue weighted by Gasteiger charge is -2.11. The number of nitrogens with zero attached hydrogens (tertiary/aromatic N) is 2. The number of hydrogen-bond donors (Lipinski definition) is 0. The zero-order chi connectivity index (χ0) is 31.8. The van der Waals surface area contributed by atoms with Crippen LogP contribution in [0, 0.1) is 0 Å². The Balaban J connectivity index is 1.07. The molecular formula is C46H26N2O. The molecule has 11 aromatic rings. The summed E-state index contributed by atoms with van der Waals surface area (Å²) >= 11 is 0. The molecular weight excluding hydrogens is 597 g/mol. The van der Waals surface area contributed by atoms with E-state index >= 15 is 0 Å². The molecule has 0 amide bonds. The van der Waals surface area contributed by atoms with Crippen molar-refractivity contribution in [3.63, 3.8) is 0 Å². The summed E-state index contributed by atoms with van der Waals surface area (Å²) in [4.78, 5) is 0. The molecule has 49 heavy (non-hydrogen) atoms. The number of benzene rings is 8. The molecule has 12 rings (SSSR count). The summed E-state index contributed by atoms with van der Waals surface area (Å²) in [6.07, 6.45) is 0. The van der Waals surface area contributed by atoms with Crippen LogP contribution in [0.1, 0.15) is 0 Å². The van der Waals surface area contributed by atoms with Gasteiger partial charge in [0.15, 0.2) is 0 Å². The number of fused-ring (bicyclic) bond motifs is 4. The van der Waals surface area contributed by atoms with Crippen molar-refractivity contribution in [2.75, 3.05) is 0 Å². The Morgan fingerprint density at radius 3 is 1.88 bits per heavy atom. The van der Waals surface area contributed by atoms with Crippen LogP contribution in [-0.2, 0) is 0 Å². The smallest absolute Gasteiger partial charge is 0.136 e. The van der Waals surface area contributed by atoms with Gasteiger partial charge in [-0.3, -0.25) is 0 Å². The molecule has 3 heteroatoms. The highest BCUT2D eigenvalue weighted by Crippen LogP contribution is 2.50. The molecule has 1 aliphatic rings. The van der Waals surface area contributed by atoms with Gasteiger partial charge in [0, 0.05) is 49.1 Å². The average Bonchev–Trinajstić information content (AvgIpc) is 3.79. The lowest BCUT2D eigenvalue weighted by Crippen LogP contribution is -1.94. The Morgan fingerprint density at radius 2 is 0.980 bits per heavy atom. The summed E-state index contributed by atoms with van der Waals surface area (Å²) in [5.41, 5.74) is 14.0. The maximum absolute atomic E-state index is 6.43. The first-order valence-corrected chi connectivity index (χ1v) is 16.9. The Hall–Kier alpha value is -6.58. The van der Waals surface area contributed by atoms with Crippen molar-refractivity contribution in [2.24, 2.45) is 0 Å². The minimum atomic E-state index is 0.948. The first kappa shape index (κ1) is 25.5. The van der Waals surface area contributed by atoms with E-state index in [2.05, 4.69) is 167 Å². The third kappa shape index (κ3) is 3.22. The van der Waals surface area contributed by atoms with Gasteiger partial charge in [0.05, 0.1) is 22.1 Å². The highest BCUT2D eigenvalue weighted by atomic mass is 16.3. The quantitative estimate of drug-likeness (QED) is 0.192. The number of para-hydroxylation sites is 2. The Kier molecular flexibility index (Phi) is 4.72. The van der Waals surface area contributed by atoms with Crippen LogP contribution in [0.4, 0.5) is 0 Å². The molecule has 0 atom stereocenters. The summed E-state index contributed by atoms with van der Waals surface area (Å²) < 4.78 is 11.2. The second-order valence-corrected chi connectivity index (χ2v) is 13.3. The maximum atomic E-state index is 6.43. The van der Waals surface area contributed by atoms with Crippen LogP contribution in [0.25, 0.3) is 110 Å². The van der Waals surface area contributed by atoms with E-state index < -0.39 is 0 Å². The van der Waals surface area contributed by atoms with E-state index in [4.69, 9.17) is 4.42 Å². The molecule has 0 spiro atoms. The van der Waals surface area contributed by atoms with Gasteiger partial charge in [-0.05, 0) is 94.4 Å². The second-order valence-electron chi connectivity index (χ2n) is 13.3. The molecule has 3 heterocycles. The first-order valence-electron chi connectivity index (χ1n) is 16.9. The fraction of sp³-hybridized carbons (Fsp3) is 0. The zero-order valence-corrected chi connectivity index (χ0v) is 26.3. The lowest BCUT2D eigenvalue weighted by molar-refractivity contribution is 0.669. The number of aromatic nitrogens is 2. The molecule has 0 unspecified atom stereocenters. The Labute approximate surface area is 280 Å². The highest BCUT2D eigenvalue weighted by molar-refractivity contribution is 6.37. The van der Waals surface area contributed by atoms with E-state index in [1.165, 1.54) is 93.1 Å². The van der Waals surface area contributed by atoms with Crippen molar-refractivity contribution >= 4 is 76.3 Å². The number of rotatable bonds is 3. The Morgan fingerprint density at radius 1 is 0.347 bits per heavy atom. The molecule has 3 aromatic heterocycles. The van der Waals surface area contributed by atoms with Crippen molar-refractivity contribution in [1.82, 2.24) is 9.13 Å². The van der Waals surface area contributed by atoms with Crippen molar-refractivity contribution in [2.45, 2.75) is 0 Å². The van der Waals surface area contributed by atoms with Gasteiger partial charge in [0.1, 0.15) is 11.2 Å². The summed E-state index contributed by atoms with van der Waals surface area (Å²) in [6, 6.07) is 57.5. The molecule has 226 valence electrons. The molecule has 0 saturated heterocycles. The van der Waals surface area contributed by atoms with Gasteiger partial charge in [-0.2, -0.15) is 0 Å². The third-order valence-electron chi connectivity index (χ3n) is 10.8. The fourth-order valence-corrected chi connectivity index (χ4v) is 8.81. The van der Waals surface area contributed by atoms with E-state index in [9.17, 15) is 0 Å². The van der Waals surface area contributed by atoms with Gasteiger partial charge < -0.3 is 13.6 Å². The Bertz CT molecular complexity index is 3190. The number of furan rings is 1. The van der Waals surface area contributed by atoms with Crippen molar-refractivity contribution in [3.05, 3.63) is 158 Å². The van der Waals surface area contributed by atoms with Crippen LogP contribution in [0.5, 0.6) is 0 Å². The zero-order valence-electron chi connectivity index (χ0n) is 26.3. The molecule has 1 aliphatic carbocycles. The summed E-state index contributed by atoms with van der Waals surface area (Å²) in [5.74, 6) is 0. The predicted molar refractivity (Wildman–Crippen MR) is 204 cm³/mol. The topological polar surface area (TPSA) is 23.0 Å². The van der Waals surface area contributed by atoms with Gasteiger partial charge in [-0.1, -0.05) is 91.0 Å². The van der Waals surface area contributed by atoms with Crippen LogP contribution < -0.4 is 0 Å². The second kappa shape index (κ2) is 9.06. The molecule has 3 nitrogen and oxygen atoms in total. The van der Waals surface area contributed by atoms with E-state index in [1.807, 2.05) is 0 Å². The molecule has 0 bridgehead atoms. The first-order chi connectivity index (χ1) is 24.3. The van der Waals surface area contributed by atoms with E-state index in [1.54, 1.807) is 0 Å². The fourth-order valence-electron chi connectivity index (χ4n) is 8.81. The standard InChI is InChI=1S/C46H26N2O/c1-2-8-30(9-3-1)47-36-13-5-4-10-32(36)35-26-29(19-23-37(35)47)27-16-21-31(22-17-27)48-38-14-6-11-33-34-12-7-15-40-44(34)46-41(49-40)25-20-28-18-24-39(48)45(42(28)46)43(33)38/h1-26H. The lowest BCUT2D eigenvalue weighted by atomic mass is 9.98. The van der Waals surface area contributed by atoms with E-state index in [0.29, 0.717) is 0 Å². The predicted octanol–water partition coefficient (Wildman–Crippen LogP) is 12.6. The van der Waals surface area contributed by atoms with Crippen molar-refractivity contribution in [3.8, 4) is 33.6 Å². The molecule has 0 saturated carbocycles. The van der Waals surface area contributed by atoms with Crippen LogP contribution in [0.2, 0.25) is 0 Å². The van der Waals surface area contributed by atoms with E-state index in [0.717, 1.165) is 16.9 Å². The molecule has 8 aromatic carbocycles. The summed E-state index contributed by atoms with van der Waals surface area (Å²) in [6.45, 7) is 0. The monoisotopic (exact) mass is 622 g/mol. The normalized spacial score (nSPS) is 12.5. The maximum Gasteiger partial charge on any atom is 0.136 e. The molecule has 0 fully saturated rings. The van der Waals surface area contributed by atoms with Gasteiger partial charge in [0.25, 0.3) is 0 Å². The van der Waals surface area contributed by atoms with Crippen molar-refractivity contribution in [1.29, 1.82) is 0 Å². The minimum Gasteiger partial charge on any atom is -0.456 e. The molecule has 0 aliphatic heterocycles. The highest BCUT2D eigenvalue weighted by Gasteiger charge is 2.26. The number of hydrogen-bond acceptors (Lipinski definition) is 1. The van der Waals surface area contributed by atoms with Gasteiger partial charge in [-0.25, -0.2) is 0 Å².